The molecule has 0 spiro atoms. The molecule has 3 rings (SSSR count). The third-order valence-electron chi connectivity index (χ3n) is 4.19. The van der Waals surface area contributed by atoms with Gasteiger partial charge in [0.2, 0.25) is 0 Å². The molecule has 0 aliphatic heterocycles. The molecule has 0 saturated heterocycles. The summed E-state index contributed by atoms with van der Waals surface area (Å²) in [5.41, 5.74) is 0.835. The summed E-state index contributed by atoms with van der Waals surface area (Å²) in [5.74, 6) is -0.855. The highest BCUT2D eigenvalue weighted by molar-refractivity contribution is 6.11. The van der Waals surface area contributed by atoms with Gasteiger partial charge in [-0.05, 0) is 51.1 Å². The monoisotopic (exact) mass is 379 g/mol. The van der Waals surface area contributed by atoms with E-state index in [2.05, 4.69) is 10.4 Å². The molecule has 28 heavy (non-hydrogen) atoms. The topological polar surface area (TPSA) is 90.3 Å². The van der Waals surface area contributed by atoms with Crippen molar-refractivity contribution < 1.29 is 14.3 Å². The van der Waals surface area contributed by atoms with Crippen LogP contribution in [0, 0.1) is 0 Å². The number of anilines is 1. The second-order valence-corrected chi connectivity index (χ2v) is 6.49. The van der Waals surface area contributed by atoms with Gasteiger partial charge in [0, 0.05) is 11.1 Å². The lowest BCUT2D eigenvalue weighted by atomic mass is 10.1. The van der Waals surface area contributed by atoms with Crippen molar-refractivity contribution in [2.75, 3.05) is 11.9 Å². The molecule has 1 aromatic heterocycles. The predicted molar refractivity (Wildman–Crippen MR) is 107 cm³/mol. The standard InChI is InChI=1S/C21H21N3O4/c1-4-28-21(27)14-9-11-15(12-10-14)22-19(25)18-16-7-5-6-8-17(16)20(26)24(23-18)13(2)3/h5-13H,4H2,1-3H3,(H,22,25). The summed E-state index contributed by atoms with van der Waals surface area (Å²) in [6.07, 6.45) is 0. The number of rotatable bonds is 5. The molecule has 0 radical (unpaired) electrons. The fraction of sp³-hybridized carbons (Fsp3) is 0.238. The van der Waals surface area contributed by atoms with E-state index in [1.807, 2.05) is 13.8 Å². The minimum atomic E-state index is -0.436. The number of hydrogen-bond donors (Lipinski definition) is 1. The van der Waals surface area contributed by atoms with Gasteiger partial charge in [0.05, 0.1) is 23.6 Å². The van der Waals surface area contributed by atoms with E-state index in [4.69, 9.17) is 4.74 Å². The lowest BCUT2D eigenvalue weighted by Gasteiger charge is -2.13. The Bertz CT molecular complexity index is 1080. The number of amides is 1. The molecule has 0 aliphatic carbocycles. The van der Waals surface area contributed by atoms with Crippen LogP contribution < -0.4 is 10.9 Å². The summed E-state index contributed by atoms with van der Waals surface area (Å²) >= 11 is 0. The van der Waals surface area contributed by atoms with Crippen LogP contribution in [0.1, 0.15) is 47.7 Å². The van der Waals surface area contributed by atoms with Gasteiger partial charge in [0.1, 0.15) is 0 Å². The van der Waals surface area contributed by atoms with E-state index in [9.17, 15) is 14.4 Å². The van der Waals surface area contributed by atoms with E-state index >= 15 is 0 Å². The van der Waals surface area contributed by atoms with Crippen LogP contribution in [-0.2, 0) is 4.74 Å². The number of carbonyl (C=O) groups excluding carboxylic acids is 2. The molecule has 0 aliphatic rings. The quantitative estimate of drug-likeness (QED) is 0.686. The Morgan fingerprint density at radius 2 is 1.71 bits per heavy atom. The Hall–Kier alpha value is -3.48. The second kappa shape index (κ2) is 8.04. The van der Waals surface area contributed by atoms with Gasteiger partial charge in [0.25, 0.3) is 11.5 Å². The zero-order valence-corrected chi connectivity index (χ0v) is 15.9. The van der Waals surface area contributed by atoms with Crippen LogP contribution in [0.15, 0.2) is 53.3 Å². The molecule has 3 aromatic rings. The minimum absolute atomic E-state index is 0.165. The number of hydrogen-bond acceptors (Lipinski definition) is 5. The molecule has 144 valence electrons. The van der Waals surface area contributed by atoms with Gasteiger partial charge in [-0.3, -0.25) is 9.59 Å². The molecule has 1 amide bonds. The number of aromatic nitrogens is 2. The summed E-state index contributed by atoms with van der Waals surface area (Å²) in [7, 11) is 0. The summed E-state index contributed by atoms with van der Waals surface area (Å²) in [4.78, 5) is 37.2. The molecule has 0 saturated carbocycles. The van der Waals surface area contributed by atoms with Crippen molar-refractivity contribution in [2.24, 2.45) is 0 Å². The average Bonchev–Trinajstić information content (AvgIpc) is 2.69. The van der Waals surface area contributed by atoms with Crippen molar-refractivity contribution in [3.05, 3.63) is 70.1 Å². The smallest absolute Gasteiger partial charge is 0.338 e. The molecule has 7 nitrogen and oxygen atoms in total. The van der Waals surface area contributed by atoms with Crippen molar-refractivity contribution in [1.82, 2.24) is 9.78 Å². The second-order valence-electron chi connectivity index (χ2n) is 6.49. The molecule has 0 fully saturated rings. The zero-order chi connectivity index (χ0) is 20.3. The third-order valence-corrected chi connectivity index (χ3v) is 4.19. The lowest BCUT2D eigenvalue weighted by Crippen LogP contribution is -2.28. The summed E-state index contributed by atoms with van der Waals surface area (Å²) in [5, 5.41) is 7.98. The maximum Gasteiger partial charge on any atom is 0.338 e. The Labute approximate surface area is 161 Å². The van der Waals surface area contributed by atoms with E-state index in [0.717, 1.165) is 0 Å². The van der Waals surface area contributed by atoms with Crippen LogP contribution in [0.2, 0.25) is 0 Å². The first kappa shape index (κ1) is 19.3. The SMILES string of the molecule is CCOC(=O)c1ccc(NC(=O)c2nn(C(C)C)c(=O)c3ccccc23)cc1. The van der Waals surface area contributed by atoms with E-state index < -0.39 is 11.9 Å². The molecule has 0 unspecified atom stereocenters. The van der Waals surface area contributed by atoms with Gasteiger partial charge in [-0.1, -0.05) is 18.2 Å². The van der Waals surface area contributed by atoms with Crippen LogP contribution in [-0.4, -0.2) is 28.3 Å². The number of esters is 1. The Balaban J connectivity index is 1.95. The first-order valence-electron chi connectivity index (χ1n) is 9.02. The molecule has 2 aromatic carbocycles. The normalized spacial score (nSPS) is 10.9. The maximum atomic E-state index is 12.9. The number of nitrogens with one attached hydrogen (secondary N) is 1. The van der Waals surface area contributed by atoms with Crippen molar-refractivity contribution in [3.63, 3.8) is 0 Å². The van der Waals surface area contributed by atoms with E-state index in [1.165, 1.54) is 4.68 Å². The molecule has 0 bridgehead atoms. The third kappa shape index (κ3) is 3.78. The predicted octanol–water partition coefficient (Wildman–Crippen LogP) is 3.41. The van der Waals surface area contributed by atoms with Gasteiger partial charge in [-0.2, -0.15) is 5.10 Å². The highest BCUT2D eigenvalue weighted by Crippen LogP contribution is 2.17. The van der Waals surface area contributed by atoms with Crippen LogP contribution >= 0.6 is 0 Å². The fourth-order valence-electron chi connectivity index (χ4n) is 2.82. The number of benzene rings is 2. The maximum absolute atomic E-state index is 12.9. The minimum Gasteiger partial charge on any atom is -0.462 e. The summed E-state index contributed by atoms with van der Waals surface area (Å²) in [6.45, 7) is 5.69. The largest absolute Gasteiger partial charge is 0.462 e. The number of ether oxygens (including phenoxy) is 1. The van der Waals surface area contributed by atoms with E-state index in [-0.39, 0.29) is 17.3 Å². The van der Waals surface area contributed by atoms with Crippen LogP contribution in [0.3, 0.4) is 0 Å². The number of nitrogens with zero attached hydrogens (tertiary/aromatic N) is 2. The van der Waals surface area contributed by atoms with Gasteiger partial charge in [-0.15, -0.1) is 0 Å². The van der Waals surface area contributed by atoms with Gasteiger partial charge in [0.15, 0.2) is 5.69 Å². The highest BCUT2D eigenvalue weighted by atomic mass is 16.5. The molecule has 0 atom stereocenters. The fourth-order valence-corrected chi connectivity index (χ4v) is 2.82. The summed E-state index contributed by atoms with van der Waals surface area (Å²) in [6, 6.07) is 13.1. The van der Waals surface area contributed by atoms with Gasteiger partial charge < -0.3 is 10.1 Å². The summed E-state index contributed by atoms with van der Waals surface area (Å²) < 4.78 is 6.25. The zero-order valence-electron chi connectivity index (χ0n) is 15.9. The molecule has 1 heterocycles. The van der Waals surface area contributed by atoms with Crippen LogP contribution in [0.4, 0.5) is 5.69 Å². The Morgan fingerprint density at radius 3 is 2.32 bits per heavy atom. The van der Waals surface area contributed by atoms with E-state index in [1.54, 1.807) is 55.5 Å². The first-order valence-corrected chi connectivity index (χ1v) is 9.02. The average molecular weight is 379 g/mol. The van der Waals surface area contributed by atoms with Crippen molar-refractivity contribution in [3.8, 4) is 0 Å². The van der Waals surface area contributed by atoms with Crippen LogP contribution in [0.5, 0.6) is 0 Å². The van der Waals surface area contributed by atoms with Crippen molar-refractivity contribution in [1.29, 1.82) is 0 Å². The molecule has 1 N–H and O–H groups in total. The molecule has 7 heteroatoms. The Morgan fingerprint density at radius 1 is 1.07 bits per heavy atom. The highest BCUT2D eigenvalue weighted by Gasteiger charge is 2.18. The van der Waals surface area contributed by atoms with Gasteiger partial charge >= 0.3 is 5.97 Å². The van der Waals surface area contributed by atoms with Crippen LogP contribution in [0.25, 0.3) is 10.8 Å². The first-order chi connectivity index (χ1) is 13.4. The van der Waals surface area contributed by atoms with Crippen molar-refractivity contribution in [2.45, 2.75) is 26.8 Å². The van der Waals surface area contributed by atoms with Crippen molar-refractivity contribution >= 4 is 28.3 Å². The van der Waals surface area contributed by atoms with Gasteiger partial charge in [-0.25, -0.2) is 9.48 Å². The molecular formula is C21H21N3O4. The van der Waals surface area contributed by atoms with E-state index in [0.29, 0.717) is 28.6 Å². The molecular weight excluding hydrogens is 358 g/mol. The lowest BCUT2D eigenvalue weighted by molar-refractivity contribution is 0.0526. The Kier molecular flexibility index (Phi) is 5.54. The number of carbonyl (C=O) groups is 2. The number of fused-ring (bicyclic) bond motifs is 1.